The van der Waals surface area contributed by atoms with Gasteiger partial charge >= 0.3 is 0 Å². The normalized spacial score (nSPS) is 14.7. The molecule has 0 atom stereocenters. The maximum absolute atomic E-state index is 16.6. The molecule has 222 valence electrons. The molecule has 0 saturated carbocycles. The van der Waals surface area contributed by atoms with Gasteiger partial charge in [-0.15, -0.1) is 0 Å². The van der Waals surface area contributed by atoms with Gasteiger partial charge in [-0.25, -0.2) is 23.1 Å². The molecule has 5 rings (SSSR count). The predicted molar refractivity (Wildman–Crippen MR) is 152 cm³/mol. The van der Waals surface area contributed by atoms with Crippen LogP contribution in [-0.2, 0) is 29.7 Å². The molecule has 1 amide bonds. The van der Waals surface area contributed by atoms with E-state index in [-0.39, 0.29) is 40.9 Å². The van der Waals surface area contributed by atoms with Crippen LogP contribution in [-0.4, -0.2) is 30.4 Å². The molecule has 5 heterocycles. The highest BCUT2D eigenvalue weighted by atomic mass is 35.5. The first-order valence-corrected chi connectivity index (χ1v) is 13.5. The lowest BCUT2D eigenvalue weighted by atomic mass is 10.0. The van der Waals surface area contributed by atoms with Gasteiger partial charge in [0.2, 0.25) is 5.91 Å². The van der Waals surface area contributed by atoms with Gasteiger partial charge in [0, 0.05) is 43.6 Å². The largest absolute Gasteiger partial charge is 0.485 e. The van der Waals surface area contributed by atoms with E-state index in [4.69, 9.17) is 19.1 Å². The second kappa shape index (κ2) is 12.0. The number of aryl methyl sites for hydroxylation is 1. The van der Waals surface area contributed by atoms with Gasteiger partial charge in [0.05, 0.1) is 25.9 Å². The Morgan fingerprint density at radius 2 is 1.98 bits per heavy atom. The molecule has 1 N–H and O–H groups in total. The van der Waals surface area contributed by atoms with Gasteiger partial charge in [-0.2, -0.15) is 0 Å². The average Bonchev–Trinajstić information content (AvgIpc) is 3.04. The number of rotatable bonds is 6. The summed E-state index contributed by atoms with van der Waals surface area (Å²) in [4.78, 5) is 42.0. The van der Waals surface area contributed by atoms with Crippen LogP contribution in [0.15, 0.2) is 53.7 Å². The van der Waals surface area contributed by atoms with Crippen molar-refractivity contribution in [3.8, 4) is 22.8 Å². The molecular formula is C30H26ClF3N6O3. The highest BCUT2D eigenvalue weighted by molar-refractivity contribution is 6.31. The summed E-state index contributed by atoms with van der Waals surface area (Å²) in [5.41, 5.74) is -2.45. The molecule has 0 aromatic carbocycles. The zero-order valence-electron chi connectivity index (χ0n) is 25.2. The maximum Gasteiger partial charge on any atom is 0.278 e. The van der Waals surface area contributed by atoms with E-state index in [0.29, 0.717) is 30.7 Å². The monoisotopic (exact) mass is 612 g/mol. The molecule has 0 fully saturated rings. The van der Waals surface area contributed by atoms with Crippen LogP contribution in [0.2, 0.25) is 5.02 Å². The van der Waals surface area contributed by atoms with Crippen molar-refractivity contribution in [1.82, 2.24) is 29.8 Å². The van der Waals surface area contributed by atoms with Crippen molar-refractivity contribution in [2.24, 2.45) is 0 Å². The van der Waals surface area contributed by atoms with E-state index in [1.54, 1.807) is 19.9 Å². The third-order valence-electron chi connectivity index (χ3n) is 6.57. The Morgan fingerprint density at radius 3 is 2.72 bits per heavy atom. The van der Waals surface area contributed by atoms with Crippen molar-refractivity contribution in [3.05, 3.63) is 105 Å². The zero-order valence-corrected chi connectivity index (χ0v) is 24.0. The lowest BCUT2D eigenvalue weighted by Crippen LogP contribution is -2.41. The summed E-state index contributed by atoms with van der Waals surface area (Å²) in [7, 11) is 0. The molecule has 0 saturated heterocycles. The standard InChI is InChI=1S/C30H26ClF3N6O3/c1-16(41)39-30(2,3)29-35-10-9-21(38-29)26-25(34)27-17(13-37-26)7-5-4-6-8-19-12-23(24(31)28(42)40(19)27)43-15-22-20(33)11-18(32)14-36-22/h4,6,9-14H,5,7-8,15H2,1-3H3,(H,39,41)/b6-4-/i15D2. The molecule has 13 heteroatoms. The number of amides is 1. The van der Waals surface area contributed by atoms with Gasteiger partial charge in [0.15, 0.2) is 17.5 Å². The minimum Gasteiger partial charge on any atom is -0.485 e. The van der Waals surface area contributed by atoms with Crippen LogP contribution in [0.4, 0.5) is 13.2 Å². The van der Waals surface area contributed by atoms with E-state index >= 15 is 4.39 Å². The number of aromatic nitrogens is 5. The quantitative estimate of drug-likeness (QED) is 0.300. The molecule has 0 aliphatic carbocycles. The number of hydrogen-bond donors (Lipinski definition) is 1. The summed E-state index contributed by atoms with van der Waals surface area (Å²) >= 11 is 6.40. The number of carbonyl (C=O) groups excluding carboxylic acids is 1. The number of hydrogen-bond acceptors (Lipinski definition) is 7. The Bertz CT molecular complexity index is 1920. The van der Waals surface area contributed by atoms with Gasteiger partial charge < -0.3 is 10.1 Å². The maximum atomic E-state index is 16.6. The van der Waals surface area contributed by atoms with E-state index in [0.717, 1.165) is 4.57 Å². The Hall–Kier alpha value is -4.58. The Labute approximate surface area is 252 Å². The van der Waals surface area contributed by atoms with Gasteiger partial charge in [-0.05, 0) is 38.3 Å². The first-order chi connectivity index (χ1) is 21.2. The van der Waals surface area contributed by atoms with Crippen LogP contribution in [0, 0.1) is 17.5 Å². The first kappa shape index (κ1) is 27.3. The molecule has 1 aliphatic rings. The van der Waals surface area contributed by atoms with E-state index < -0.39 is 51.6 Å². The molecule has 1 aliphatic heterocycles. The summed E-state index contributed by atoms with van der Waals surface area (Å²) in [5, 5.41) is 2.13. The molecule has 0 bridgehead atoms. The Balaban J connectivity index is 1.66. The van der Waals surface area contributed by atoms with E-state index in [9.17, 15) is 18.4 Å². The molecular weight excluding hydrogens is 585 g/mol. The van der Waals surface area contributed by atoms with Gasteiger partial charge in [0.25, 0.3) is 5.56 Å². The lowest BCUT2D eigenvalue weighted by molar-refractivity contribution is -0.120. The van der Waals surface area contributed by atoms with E-state index in [2.05, 4.69) is 25.3 Å². The third kappa shape index (κ3) is 6.14. The van der Waals surface area contributed by atoms with Crippen LogP contribution in [0.25, 0.3) is 17.1 Å². The highest BCUT2D eigenvalue weighted by Crippen LogP contribution is 2.32. The van der Waals surface area contributed by atoms with Crippen molar-refractivity contribution in [2.45, 2.75) is 52.1 Å². The van der Waals surface area contributed by atoms with Crippen LogP contribution in [0.1, 0.15) is 52.7 Å². The Kier molecular flexibility index (Phi) is 7.58. The number of pyridine rings is 3. The van der Waals surface area contributed by atoms with E-state index in [1.165, 1.54) is 31.5 Å². The second-order valence-electron chi connectivity index (χ2n) is 10.2. The zero-order chi connectivity index (χ0) is 32.7. The summed E-state index contributed by atoms with van der Waals surface area (Å²) < 4.78 is 67.3. The summed E-state index contributed by atoms with van der Waals surface area (Å²) in [5.74, 6) is -3.76. The number of nitrogens with one attached hydrogen (secondary N) is 1. The molecule has 4 aromatic rings. The Morgan fingerprint density at radius 1 is 1.19 bits per heavy atom. The number of halogens is 4. The third-order valence-corrected chi connectivity index (χ3v) is 6.92. The first-order valence-electron chi connectivity index (χ1n) is 14.1. The molecule has 4 aromatic heterocycles. The minimum atomic E-state index is -2.96. The SMILES string of the molecule is [2H]C([2H])(Oc1cc2n(c(=O)c1Cl)-c1c(cnc(-c3ccnc(C(C)(C)NC(C)=O)n3)c1F)CC/C=C\C2)c1ncc(F)cc1F. The summed E-state index contributed by atoms with van der Waals surface area (Å²) in [6, 6.07) is 3.14. The number of ether oxygens (including phenoxy) is 1. The molecule has 9 nitrogen and oxygen atoms in total. The number of carbonyl (C=O) groups is 1. The fourth-order valence-electron chi connectivity index (χ4n) is 4.64. The van der Waals surface area contributed by atoms with E-state index in [1.807, 2.05) is 6.08 Å². The number of fused-ring (bicyclic) bond motifs is 3. The summed E-state index contributed by atoms with van der Waals surface area (Å²) in [6.45, 7) is 1.77. The molecule has 0 radical (unpaired) electrons. The fraction of sp³-hybridized carbons (Fsp3) is 0.267. The smallest absolute Gasteiger partial charge is 0.278 e. The minimum absolute atomic E-state index is 0.0913. The van der Waals surface area contributed by atoms with Crippen LogP contribution >= 0.6 is 11.6 Å². The van der Waals surface area contributed by atoms with Crippen LogP contribution < -0.4 is 15.6 Å². The average molecular weight is 613 g/mol. The van der Waals surface area contributed by atoms with Crippen molar-refractivity contribution in [1.29, 1.82) is 0 Å². The highest BCUT2D eigenvalue weighted by Gasteiger charge is 2.28. The fourth-order valence-corrected chi connectivity index (χ4v) is 4.82. The van der Waals surface area contributed by atoms with Gasteiger partial charge in [-0.1, -0.05) is 23.8 Å². The van der Waals surface area contributed by atoms with Gasteiger partial charge in [0.1, 0.15) is 34.5 Å². The second-order valence-corrected chi connectivity index (χ2v) is 10.6. The molecule has 43 heavy (non-hydrogen) atoms. The summed E-state index contributed by atoms with van der Waals surface area (Å²) in [6.07, 6.45) is 7.95. The molecule has 0 unspecified atom stereocenters. The van der Waals surface area contributed by atoms with Gasteiger partial charge in [-0.3, -0.25) is 24.1 Å². The van der Waals surface area contributed by atoms with Crippen molar-refractivity contribution >= 4 is 17.5 Å². The van der Waals surface area contributed by atoms with Crippen LogP contribution in [0.5, 0.6) is 5.75 Å². The topological polar surface area (TPSA) is 112 Å². The van der Waals surface area contributed by atoms with Crippen molar-refractivity contribution in [2.75, 3.05) is 0 Å². The lowest BCUT2D eigenvalue weighted by Gasteiger charge is -2.24. The van der Waals surface area contributed by atoms with Crippen molar-refractivity contribution < 1.29 is 25.4 Å². The predicted octanol–water partition coefficient (Wildman–Crippen LogP) is 5.15. The number of nitrogens with zero attached hydrogens (tertiary/aromatic N) is 5. The number of allylic oxidation sites excluding steroid dienone is 2. The van der Waals surface area contributed by atoms with Crippen molar-refractivity contribution in [3.63, 3.8) is 0 Å². The molecule has 0 spiro atoms. The van der Waals surface area contributed by atoms with Crippen LogP contribution in [0.3, 0.4) is 0 Å².